The fourth-order valence-corrected chi connectivity index (χ4v) is 3.57. The Morgan fingerprint density at radius 3 is 1.91 bits per heavy atom. The van der Waals surface area contributed by atoms with E-state index in [0.29, 0.717) is 30.2 Å². The second-order valence-corrected chi connectivity index (χ2v) is 8.25. The second kappa shape index (κ2) is 11.3. The molecule has 0 bridgehead atoms. The molecule has 4 aromatic rings. The molecule has 5 N–H and O–H groups in total. The molecular formula is C26H33N5O3. The fourth-order valence-electron chi connectivity index (χ4n) is 3.57. The standard InChI is InChI=1S/C14H19N3O.C12H14N2O2/c1-9(2)8-17-14(18)11-6-10-4-5-16-12(10)7-13(11)15-3;1-3-16-12(15)9-6-8-4-5-14-10(8)7-11(9)13-2/h4-7,9,15-16H,8H2,1-3H3,(H,17,18);4-7,13-14H,3H2,1-2H3. The molecule has 0 aliphatic rings. The molecule has 180 valence electrons. The van der Waals surface area contributed by atoms with Crippen molar-refractivity contribution >= 4 is 45.1 Å². The highest BCUT2D eigenvalue weighted by atomic mass is 16.5. The molecule has 34 heavy (non-hydrogen) atoms. The molecule has 2 heterocycles. The minimum Gasteiger partial charge on any atom is -0.462 e. The molecule has 2 aromatic carbocycles. The summed E-state index contributed by atoms with van der Waals surface area (Å²) >= 11 is 0. The number of fused-ring (bicyclic) bond motifs is 2. The summed E-state index contributed by atoms with van der Waals surface area (Å²) in [5.74, 6) is 0.120. The van der Waals surface area contributed by atoms with E-state index in [1.807, 2.05) is 55.8 Å². The second-order valence-electron chi connectivity index (χ2n) is 8.25. The first-order valence-electron chi connectivity index (χ1n) is 11.4. The van der Waals surface area contributed by atoms with Crippen LogP contribution in [0.1, 0.15) is 41.5 Å². The monoisotopic (exact) mass is 463 g/mol. The molecular weight excluding hydrogens is 430 g/mol. The predicted molar refractivity (Wildman–Crippen MR) is 139 cm³/mol. The Morgan fingerprint density at radius 1 is 0.882 bits per heavy atom. The average Bonchev–Trinajstić information content (AvgIpc) is 3.49. The molecule has 0 saturated carbocycles. The highest BCUT2D eigenvalue weighted by Crippen LogP contribution is 2.24. The van der Waals surface area contributed by atoms with E-state index >= 15 is 0 Å². The minimum absolute atomic E-state index is 0.0313. The van der Waals surface area contributed by atoms with Gasteiger partial charge in [0.25, 0.3) is 5.91 Å². The molecule has 0 aliphatic heterocycles. The number of anilines is 2. The van der Waals surface area contributed by atoms with E-state index < -0.39 is 0 Å². The van der Waals surface area contributed by atoms with Crippen LogP contribution < -0.4 is 16.0 Å². The van der Waals surface area contributed by atoms with E-state index in [9.17, 15) is 9.59 Å². The van der Waals surface area contributed by atoms with Gasteiger partial charge in [-0.1, -0.05) is 13.8 Å². The van der Waals surface area contributed by atoms with Crippen molar-refractivity contribution in [1.29, 1.82) is 0 Å². The van der Waals surface area contributed by atoms with Gasteiger partial charge in [0.05, 0.1) is 23.4 Å². The first-order chi connectivity index (χ1) is 16.4. The van der Waals surface area contributed by atoms with Crippen LogP contribution >= 0.6 is 0 Å². The number of hydrogen-bond donors (Lipinski definition) is 5. The lowest BCUT2D eigenvalue weighted by atomic mass is 10.1. The predicted octanol–water partition coefficient (Wildman–Crippen LogP) is 4.98. The van der Waals surface area contributed by atoms with Crippen molar-refractivity contribution in [2.24, 2.45) is 5.92 Å². The van der Waals surface area contributed by atoms with E-state index in [0.717, 1.165) is 33.2 Å². The van der Waals surface area contributed by atoms with Crippen molar-refractivity contribution in [3.8, 4) is 0 Å². The van der Waals surface area contributed by atoms with Crippen molar-refractivity contribution in [3.05, 3.63) is 59.9 Å². The Bertz CT molecular complexity index is 1270. The van der Waals surface area contributed by atoms with Crippen LogP contribution in [0.4, 0.5) is 11.4 Å². The summed E-state index contributed by atoms with van der Waals surface area (Å²) in [4.78, 5) is 30.1. The highest BCUT2D eigenvalue weighted by molar-refractivity contribution is 6.04. The van der Waals surface area contributed by atoms with Crippen molar-refractivity contribution < 1.29 is 14.3 Å². The highest BCUT2D eigenvalue weighted by Gasteiger charge is 2.14. The zero-order valence-electron chi connectivity index (χ0n) is 20.3. The van der Waals surface area contributed by atoms with Crippen molar-refractivity contribution in [2.75, 3.05) is 37.9 Å². The van der Waals surface area contributed by atoms with Gasteiger partial charge >= 0.3 is 5.97 Å². The smallest absolute Gasteiger partial charge is 0.340 e. The van der Waals surface area contributed by atoms with Crippen LogP contribution in [0, 0.1) is 5.92 Å². The van der Waals surface area contributed by atoms with Gasteiger partial charge in [-0.2, -0.15) is 0 Å². The number of esters is 1. The van der Waals surface area contributed by atoms with Gasteiger partial charge in [0, 0.05) is 60.5 Å². The maximum absolute atomic E-state index is 12.1. The van der Waals surface area contributed by atoms with Gasteiger partial charge in [-0.05, 0) is 49.2 Å². The Hall–Kier alpha value is -3.94. The van der Waals surface area contributed by atoms with Crippen molar-refractivity contribution in [1.82, 2.24) is 15.3 Å². The Balaban J connectivity index is 0.000000192. The quantitative estimate of drug-likeness (QED) is 0.248. The number of carbonyl (C=O) groups excluding carboxylic acids is 2. The number of amides is 1. The van der Waals surface area contributed by atoms with Crippen LogP contribution in [0.25, 0.3) is 21.8 Å². The molecule has 0 spiro atoms. The number of carbonyl (C=O) groups is 2. The zero-order chi connectivity index (χ0) is 24.7. The normalized spacial score (nSPS) is 10.6. The number of hydrogen-bond acceptors (Lipinski definition) is 5. The average molecular weight is 464 g/mol. The molecule has 1 amide bonds. The molecule has 0 unspecified atom stereocenters. The molecule has 8 nitrogen and oxygen atoms in total. The van der Waals surface area contributed by atoms with E-state index in [4.69, 9.17) is 4.74 Å². The van der Waals surface area contributed by atoms with Crippen molar-refractivity contribution in [2.45, 2.75) is 20.8 Å². The third kappa shape index (κ3) is 5.70. The van der Waals surface area contributed by atoms with Crippen LogP contribution in [-0.2, 0) is 4.74 Å². The van der Waals surface area contributed by atoms with E-state index in [1.54, 1.807) is 14.0 Å². The number of nitrogens with one attached hydrogen (secondary N) is 5. The number of benzene rings is 2. The Kier molecular flexibility index (Phi) is 8.19. The molecule has 8 heteroatoms. The summed E-state index contributed by atoms with van der Waals surface area (Å²) in [6.07, 6.45) is 3.72. The molecule has 4 rings (SSSR count). The lowest BCUT2D eigenvalue weighted by Crippen LogP contribution is -2.27. The molecule has 0 radical (unpaired) electrons. The number of aromatic amines is 2. The van der Waals surface area contributed by atoms with Gasteiger partial charge in [0.1, 0.15) is 0 Å². The van der Waals surface area contributed by atoms with Gasteiger partial charge in [0.2, 0.25) is 0 Å². The van der Waals surface area contributed by atoms with Crippen LogP contribution in [0.3, 0.4) is 0 Å². The SMILES string of the molecule is CCOC(=O)c1cc2cc[nH]c2cc1NC.CNc1cc2[nH]ccc2cc1C(=O)NCC(C)C. The summed E-state index contributed by atoms with van der Waals surface area (Å²) in [6.45, 7) is 7.02. The van der Waals surface area contributed by atoms with Gasteiger partial charge in [0.15, 0.2) is 0 Å². The van der Waals surface area contributed by atoms with Crippen LogP contribution in [0.15, 0.2) is 48.8 Å². The minimum atomic E-state index is -0.296. The molecule has 0 aliphatic carbocycles. The number of aromatic nitrogens is 2. The summed E-state index contributed by atoms with van der Waals surface area (Å²) in [5.41, 5.74) is 4.89. The number of ether oxygens (including phenoxy) is 1. The first-order valence-corrected chi connectivity index (χ1v) is 11.4. The zero-order valence-corrected chi connectivity index (χ0v) is 20.3. The molecule has 0 saturated heterocycles. The Morgan fingerprint density at radius 2 is 1.41 bits per heavy atom. The first kappa shape index (κ1) is 24.7. The van der Waals surface area contributed by atoms with Crippen LogP contribution in [0.2, 0.25) is 0 Å². The topological polar surface area (TPSA) is 111 Å². The van der Waals surface area contributed by atoms with Gasteiger partial charge in [-0.15, -0.1) is 0 Å². The summed E-state index contributed by atoms with van der Waals surface area (Å²) < 4.78 is 5.01. The van der Waals surface area contributed by atoms with Gasteiger partial charge in [-0.3, -0.25) is 4.79 Å². The maximum atomic E-state index is 12.1. The number of rotatable bonds is 7. The van der Waals surface area contributed by atoms with E-state index in [-0.39, 0.29) is 11.9 Å². The largest absolute Gasteiger partial charge is 0.462 e. The lowest BCUT2D eigenvalue weighted by Gasteiger charge is -2.11. The summed E-state index contributed by atoms with van der Waals surface area (Å²) in [7, 11) is 3.61. The Labute approximate surface area is 199 Å². The van der Waals surface area contributed by atoms with Gasteiger partial charge < -0.3 is 30.7 Å². The third-order valence-corrected chi connectivity index (χ3v) is 5.33. The molecule has 0 fully saturated rings. The van der Waals surface area contributed by atoms with Crippen LogP contribution in [0.5, 0.6) is 0 Å². The molecule has 0 atom stereocenters. The maximum Gasteiger partial charge on any atom is 0.340 e. The van der Waals surface area contributed by atoms with Gasteiger partial charge in [-0.25, -0.2) is 4.79 Å². The van der Waals surface area contributed by atoms with E-state index in [1.165, 1.54) is 0 Å². The van der Waals surface area contributed by atoms with Crippen LogP contribution in [-0.4, -0.2) is 49.1 Å². The summed E-state index contributed by atoms with van der Waals surface area (Å²) in [6, 6.07) is 11.5. The fraction of sp³-hybridized carbons (Fsp3) is 0.308. The van der Waals surface area contributed by atoms with E-state index in [2.05, 4.69) is 39.8 Å². The lowest BCUT2D eigenvalue weighted by molar-refractivity contribution is 0.0527. The molecule has 2 aromatic heterocycles. The number of H-pyrrole nitrogens is 2. The third-order valence-electron chi connectivity index (χ3n) is 5.33. The summed E-state index contributed by atoms with van der Waals surface area (Å²) in [5, 5.41) is 11.0. The van der Waals surface area contributed by atoms with Crippen molar-refractivity contribution in [3.63, 3.8) is 0 Å².